The second-order valence-electron chi connectivity index (χ2n) is 8.33. The molecule has 1 aromatic rings. The molecule has 0 saturated carbocycles. The van der Waals surface area contributed by atoms with Crippen LogP contribution in [0, 0.1) is 23.0 Å². The van der Waals surface area contributed by atoms with Crippen molar-refractivity contribution in [2.45, 2.75) is 78.7 Å². The number of unbranched alkanes of at least 4 members (excludes halogenated alkanes) is 1. The number of hydrogen-bond donors (Lipinski definition) is 1. The van der Waals surface area contributed by atoms with E-state index in [1.54, 1.807) is 19.1 Å². The first kappa shape index (κ1) is 21.1. The van der Waals surface area contributed by atoms with Crippen molar-refractivity contribution < 1.29 is 9.72 Å². The molecule has 0 aliphatic carbocycles. The summed E-state index contributed by atoms with van der Waals surface area (Å²) in [6.45, 7) is 10.2. The fourth-order valence-electron chi connectivity index (χ4n) is 3.90. The summed E-state index contributed by atoms with van der Waals surface area (Å²) in [5.74, 6) is 0.151. The third-order valence-electron chi connectivity index (χ3n) is 5.25. The summed E-state index contributed by atoms with van der Waals surface area (Å²) in [7, 11) is 0. The minimum Gasteiger partial charge on any atom is -0.379 e. The highest BCUT2D eigenvalue weighted by Crippen LogP contribution is 2.34. The number of nitro groups is 1. The molecule has 1 atom stereocenters. The Morgan fingerprint density at radius 1 is 1.30 bits per heavy atom. The Labute approximate surface area is 162 Å². The summed E-state index contributed by atoms with van der Waals surface area (Å²) in [6, 6.07) is 3.52. The summed E-state index contributed by atoms with van der Waals surface area (Å²) < 4.78 is 0. The molecule has 148 valence electrons. The number of benzene rings is 1. The monoisotopic (exact) mass is 372 g/mol. The molecule has 0 fully saturated rings. The van der Waals surface area contributed by atoms with Gasteiger partial charge in [0.2, 0.25) is 0 Å². The minimum atomic E-state index is -0.351. The number of ketones is 1. The molecular weight excluding hydrogens is 340 g/mol. The number of allylic oxidation sites excluding steroid dienone is 1. The van der Waals surface area contributed by atoms with E-state index in [0.29, 0.717) is 11.3 Å². The van der Waals surface area contributed by atoms with Gasteiger partial charge in [0.1, 0.15) is 0 Å². The SMILES string of the molecule is CCCCC(CCC)C(=O)/C=C1\NC(C)(C)Cc2cc(C)c([N+](=O)[O-])cc21. The molecule has 5 heteroatoms. The lowest BCUT2D eigenvalue weighted by Crippen LogP contribution is -2.44. The summed E-state index contributed by atoms with van der Waals surface area (Å²) in [5.41, 5.74) is 3.11. The topological polar surface area (TPSA) is 72.2 Å². The van der Waals surface area contributed by atoms with Crippen LogP contribution in [0.1, 0.15) is 76.5 Å². The molecule has 2 rings (SSSR count). The highest BCUT2D eigenvalue weighted by molar-refractivity contribution is 5.98. The smallest absolute Gasteiger partial charge is 0.272 e. The first-order valence-corrected chi connectivity index (χ1v) is 10.0. The molecular formula is C22H32N2O3. The summed E-state index contributed by atoms with van der Waals surface area (Å²) >= 11 is 0. The van der Waals surface area contributed by atoms with Gasteiger partial charge in [-0.25, -0.2) is 0 Å². The highest BCUT2D eigenvalue weighted by atomic mass is 16.6. The second-order valence-corrected chi connectivity index (χ2v) is 8.33. The zero-order valence-corrected chi connectivity index (χ0v) is 17.2. The third-order valence-corrected chi connectivity index (χ3v) is 5.25. The minimum absolute atomic E-state index is 0.0261. The summed E-state index contributed by atoms with van der Waals surface area (Å²) in [5, 5.41) is 14.8. The number of rotatable bonds is 8. The van der Waals surface area contributed by atoms with Gasteiger partial charge in [-0.15, -0.1) is 0 Å². The van der Waals surface area contributed by atoms with E-state index < -0.39 is 0 Å². The van der Waals surface area contributed by atoms with Crippen LogP contribution in [0.2, 0.25) is 0 Å². The molecule has 1 aliphatic heterocycles. The first-order chi connectivity index (χ1) is 12.7. The fourth-order valence-corrected chi connectivity index (χ4v) is 3.90. The van der Waals surface area contributed by atoms with E-state index in [4.69, 9.17) is 0 Å². The largest absolute Gasteiger partial charge is 0.379 e. The molecule has 0 aromatic heterocycles. The molecule has 0 spiro atoms. The van der Waals surface area contributed by atoms with Gasteiger partial charge in [-0.1, -0.05) is 33.1 Å². The van der Waals surface area contributed by atoms with Gasteiger partial charge in [0, 0.05) is 40.4 Å². The van der Waals surface area contributed by atoms with Crippen LogP contribution in [-0.2, 0) is 11.2 Å². The maximum atomic E-state index is 13.0. The maximum absolute atomic E-state index is 13.0. The van der Waals surface area contributed by atoms with E-state index in [-0.39, 0.29) is 27.9 Å². The van der Waals surface area contributed by atoms with Crippen LogP contribution >= 0.6 is 0 Å². The van der Waals surface area contributed by atoms with E-state index in [0.717, 1.165) is 49.7 Å². The summed E-state index contributed by atoms with van der Waals surface area (Å²) in [4.78, 5) is 24.0. The lowest BCUT2D eigenvalue weighted by atomic mass is 9.83. The molecule has 0 saturated heterocycles. The Morgan fingerprint density at radius 2 is 2.00 bits per heavy atom. The van der Waals surface area contributed by atoms with Crippen molar-refractivity contribution in [3.8, 4) is 0 Å². The van der Waals surface area contributed by atoms with Crippen LogP contribution < -0.4 is 5.32 Å². The van der Waals surface area contributed by atoms with E-state index in [1.165, 1.54) is 0 Å². The van der Waals surface area contributed by atoms with Crippen LogP contribution in [-0.4, -0.2) is 16.2 Å². The molecule has 0 bridgehead atoms. The molecule has 0 radical (unpaired) electrons. The van der Waals surface area contributed by atoms with Gasteiger partial charge in [-0.2, -0.15) is 0 Å². The normalized spacial score (nSPS) is 17.9. The predicted molar refractivity (Wildman–Crippen MR) is 110 cm³/mol. The van der Waals surface area contributed by atoms with Gasteiger partial charge in [0.15, 0.2) is 5.78 Å². The first-order valence-electron chi connectivity index (χ1n) is 10.0. The number of nitrogens with one attached hydrogen (secondary N) is 1. The van der Waals surface area contributed by atoms with Crippen molar-refractivity contribution in [3.05, 3.63) is 45.0 Å². The average Bonchev–Trinajstić information content (AvgIpc) is 2.56. The Hall–Kier alpha value is -2.17. The van der Waals surface area contributed by atoms with Crippen molar-refractivity contribution in [2.24, 2.45) is 5.92 Å². The third kappa shape index (κ3) is 5.18. The zero-order chi connectivity index (χ0) is 20.2. The number of nitrogens with zero attached hydrogens (tertiary/aromatic N) is 1. The summed E-state index contributed by atoms with van der Waals surface area (Å²) in [6.07, 6.45) is 7.33. The van der Waals surface area contributed by atoms with Crippen molar-refractivity contribution in [1.29, 1.82) is 0 Å². The van der Waals surface area contributed by atoms with Crippen molar-refractivity contribution in [3.63, 3.8) is 0 Å². The average molecular weight is 373 g/mol. The van der Waals surface area contributed by atoms with Crippen molar-refractivity contribution >= 4 is 17.2 Å². The molecule has 0 amide bonds. The molecule has 27 heavy (non-hydrogen) atoms. The molecule has 1 aromatic carbocycles. The number of carbonyl (C=O) groups excluding carboxylic acids is 1. The van der Waals surface area contributed by atoms with Gasteiger partial charge in [-0.05, 0) is 51.7 Å². The van der Waals surface area contributed by atoms with Crippen LogP contribution in [0.15, 0.2) is 18.2 Å². The van der Waals surface area contributed by atoms with Gasteiger partial charge in [0.05, 0.1) is 4.92 Å². The lowest BCUT2D eigenvalue weighted by Gasteiger charge is -2.36. The van der Waals surface area contributed by atoms with Gasteiger partial charge >= 0.3 is 0 Å². The molecule has 1 unspecified atom stereocenters. The quantitative estimate of drug-likeness (QED) is 0.379. The molecule has 1 heterocycles. The van der Waals surface area contributed by atoms with Gasteiger partial charge in [-0.3, -0.25) is 14.9 Å². The van der Waals surface area contributed by atoms with Crippen LogP contribution in [0.5, 0.6) is 0 Å². The molecule has 1 aliphatic rings. The Kier molecular flexibility index (Phi) is 6.79. The highest BCUT2D eigenvalue weighted by Gasteiger charge is 2.30. The maximum Gasteiger partial charge on any atom is 0.272 e. The van der Waals surface area contributed by atoms with E-state index >= 15 is 0 Å². The zero-order valence-electron chi connectivity index (χ0n) is 17.2. The Morgan fingerprint density at radius 3 is 2.59 bits per heavy atom. The van der Waals surface area contributed by atoms with Crippen molar-refractivity contribution in [1.82, 2.24) is 5.32 Å². The van der Waals surface area contributed by atoms with E-state index in [9.17, 15) is 14.9 Å². The molecule has 5 nitrogen and oxygen atoms in total. The second kappa shape index (κ2) is 8.68. The van der Waals surface area contributed by atoms with Crippen molar-refractivity contribution in [2.75, 3.05) is 0 Å². The van der Waals surface area contributed by atoms with Gasteiger partial charge in [0.25, 0.3) is 5.69 Å². The number of aryl methyl sites for hydroxylation is 1. The Balaban J connectivity index is 2.46. The number of hydrogen-bond acceptors (Lipinski definition) is 4. The number of carbonyl (C=O) groups is 1. The van der Waals surface area contributed by atoms with Crippen LogP contribution in [0.25, 0.3) is 5.70 Å². The fraction of sp³-hybridized carbons (Fsp3) is 0.591. The lowest BCUT2D eigenvalue weighted by molar-refractivity contribution is -0.385. The van der Waals surface area contributed by atoms with E-state index in [2.05, 4.69) is 33.0 Å². The number of fused-ring (bicyclic) bond motifs is 1. The molecule has 1 N–H and O–H groups in total. The van der Waals surface area contributed by atoms with E-state index in [1.807, 2.05) is 6.07 Å². The predicted octanol–water partition coefficient (Wildman–Crippen LogP) is 5.34. The standard InChI is InChI=1S/C22H32N2O3/c1-6-8-10-16(9-7-2)21(25)13-19-18-12-20(24(26)27)15(3)11-17(18)14-22(4,5)23-19/h11-13,16,23H,6-10,14H2,1-5H3/b19-13-. The Bertz CT molecular complexity index is 750. The number of nitro benzene ring substituents is 1. The van der Waals surface area contributed by atoms with Crippen LogP contribution in [0.3, 0.4) is 0 Å². The van der Waals surface area contributed by atoms with Gasteiger partial charge < -0.3 is 5.32 Å². The van der Waals surface area contributed by atoms with Crippen LogP contribution in [0.4, 0.5) is 5.69 Å².